The fourth-order valence-corrected chi connectivity index (χ4v) is 4.57. The molecule has 35 heavy (non-hydrogen) atoms. The first-order valence-electron chi connectivity index (χ1n) is 12.3. The van der Waals surface area contributed by atoms with Gasteiger partial charge in [0.15, 0.2) is 11.5 Å². The molecule has 0 fully saturated rings. The number of hydrogen-bond donors (Lipinski definition) is 2. The normalized spacial score (nSPS) is 14.2. The van der Waals surface area contributed by atoms with E-state index in [0.717, 1.165) is 37.3 Å². The minimum atomic E-state index is -0.123. The van der Waals surface area contributed by atoms with Crippen molar-refractivity contribution in [2.45, 2.75) is 65.5 Å². The van der Waals surface area contributed by atoms with Crippen LogP contribution in [0.3, 0.4) is 0 Å². The van der Waals surface area contributed by atoms with E-state index in [9.17, 15) is 4.79 Å². The second-order valence-electron chi connectivity index (χ2n) is 10.5. The molecule has 0 radical (unpaired) electrons. The van der Waals surface area contributed by atoms with Crippen molar-refractivity contribution in [1.29, 1.82) is 0 Å². The molecule has 0 atom stereocenters. The van der Waals surface area contributed by atoms with Gasteiger partial charge in [-0.25, -0.2) is 19.3 Å². The van der Waals surface area contributed by atoms with Crippen molar-refractivity contribution in [3.8, 4) is 5.82 Å². The maximum atomic E-state index is 13.3. The van der Waals surface area contributed by atoms with E-state index in [-0.39, 0.29) is 17.0 Å². The average Bonchev–Trinajstić information content (AvgIpc) is 2.95. The third-order valence-corrected chi connectivity index (χ3v) is 6.41. The van der Waals surface area contributed by atoms with Crippen LogP contribution in [0.15, 0.2) is 47.4 Å². The molecule has 0 unspecified atom stereocenters. The highest BCUT2D eigenvalue weighted by atomic mass is 16.1. The van der Waals surface area contributed by atoms with Crippen molar-refractivity contribution in [3.05, 3.63) is 69.8 Å². The van der Waals surface area contributed by atoms with Crippen LogP contribution in [-0.4, -0.2) is 30.9 Å². The number of nitrogens with one attached hydrogen (secondary N) is 2. The van der Waals surface area contributed by atoms with Gasteiger partial charge in [0.2, 0.25) is 5.95 Å². The van der Waals surface area contributed by atoms with Gasteiger partial charge in [-0.2, -0.15) is 4.98 Å². The first-order valence-corrected chi connectivity index (χ1v) is 12.3. The number of fused-ring (bicyclic) bond motifs is 2. The summed E-state index contributed by atoms with van der Waals surface area (Å²) >= 11 is 0. The van der Waals surface area contributed by atoms with Crippen LogP contribution in [-0.2, 0) is 18.4 Å². The highest BCUT2D eigenvalue weighted by Gasteiger charge is 2.22. The molecular weight excluding hydrogens is 438 g/mol. The Morgan fingerprint density at radius 2 is 1.91 bits per heavy atom. The molecule has 0 amide bonds. The summed E-state index contributed by atoms with van der Waals surface area (Å²) in [6.07, 6.45) is 3.78. The predicted octanol–water partition coefficient (Wildman–Crippen LogP) is 4.64. The number of pyridine rings is 1. The summed E-state index contributed by atoms with van der Waals surface area (Å²) in [5, 5.41) is 7.28. The minimum Gasteiger partial charge on any atom is -0.324 e. The third-order valence-electron chi connectivity index (χ3n) is 6.41. The van der Waals surface area contributed by atoms with Crippen LogP contribution < -0.4 is 16.2 Å². The summed E-state index contributed by atoms with van der Waals surface area (Å²) in [6.45, 7) is 12.3. The van der Waals surface area contributed by atoms with E-state index in [0.29, 0.717) is 22.8 Å². The van der Waals surface area contributed by atoms with Crippen molar-refractivity contribution in [3.63, 3.8) is 0 Å². The highest BCUT2D eigenvalue weighted by Crippen LogP contribution is 2.25. The first kappa shape index (κ1) is 23.2. The number of hydrogen-bond acceptors (Lipinski definition) is 6. The van der Waals surface area contributed by atoms with Crippen LogP contribution in [0.5, 0.6) is 0 Å². The maximum Gasteiger partial charge on any atom is 0.278 e. The smallest absolute Gasteiger partial charge is 0.278 e. The molecule has 4 heterocycles. The Labute approximate surface area is 205 Å². The summed E-state index contributed by atoms with van der Waals surface area (Å²) in [6, 6.07) is 12.2. The van der Waals surface area contributed by atoms with Crippen LogP contribution in [0.1, 0.15) is 63.9 Å². The largest absolute Gasteiger partial charge is 0.324 e. The van der Waals surface area contributed by atoms with E-state index in [4.69, 9.17) is 9.97 Å². The summed E-state index contributed by atoms with van der Waals surface area (Å²) in [5.74, 6) is 1.12. The Hall–Kier alpha value is -3.52. The molecule has 4 aromatic rings. The van der Waals surface area contributed by atoms with Crippen molar-refractivity contribution in [1.82, 2.24) is 29.6 Å². The zero-order valence-electron chi connectivity index (χ0n) is 21.1. The summed E-state index contributed by atoms with van der Waals surface area (Å²) in [4.78, 5) is 27.5. The van der Waals surface area contributed by atoms with E-state index in [1.807, 2.05) is 36.7 Å². The van der Waals surface area contributed by atoms with Crippen LogP contribution >= 0.6 is 0 Å². The quantitative estimate of drug-likeness (QED) is 0.451. The van der Waals surface area contributed by atoms with Gasteiger partial charge in [-0.15, -0.1) is 0 Å². The van der Waals surface area contributed by atoms with E-state index in [2.05, 4.69) is 54.6 Å². The summed E-state index contributed by atoms with van der Waals surface area (Å²) in [7, 11) is 0. The van der Waals surface area contributed by atoms with Gasteiger partial charge in [-0.3, -0.25) is 4.79 Å². The van der Waals surface area contributed by atoms with Gasteiger partial charge in [0.25, 0.3) is 5.56 Å². The molecule has 0 aliphatic carbocycles. The maximum absolute atomic E-state index is 13.3. The molecule has 1 aliphatic heterocycles. The number of nitrogens with zero attached hydrogens (tertiary/aromatic N) is 5. The Bertz CT molecular complexity index is 1440. The van der Waals surface area contributed by atoms with Crippen molar-refractivity contribution in [2.75, 3.05) is 11.9 Å². The van der Waals surface area contributed by atoms with Gasteiger partial charge < -0.3 is 10.6 Å². The second kappa shape index (κ2) is 8.92. The van der Waals surface area contributed by atoms with E-state index < -0.39 is 0 Å². The molecule has 2 N–H and O–H groups in total. The lowest BCUT2D eigenvalue weighted by molar-refractivity contribution is 0.469. The molecule has 0 bridgehead atoms. The van der Waals surface area contributed by atoms with Crippen LogP contribution in [0, 0.1) is 0 Å². The second-order valence-corrected chi connectivity index (χ2v) is 10.5. The van der Waals surface area contributed by atoms with Crippen LogP contribution in [0.2, 0.25) is 0 Å². The molecule has 0 saturated carbocycles. The number of anilines is 2. The van der Waals surface area contributed by atoms with Crippen molar-refractivity contribution < 1.29 is 0 Å². The fourth-order valence-electron chi connectivity index (χ4n) is 4.57. The molecule has 0 spiro atoms. The Morgan fingerprint density at radius 3 is 2.69 bits per heavy atom. The molecule has 5 rings (SSSR count). The standard InChI is InChI=1S/C27H33N7O/c1-17(2)33-25(35)21-16-29-26(30-20-12-11-19-15-28-13-7-8-18(19)14-20)32-24(21)34(33)23-10-6-9-22(31-23)27(3,4)5/h6,9-12,14,16-17,28H,7-8,13,15H2,1-5H3,(H,29,30,32). The first-order chi connectivity index (χ1) is 16.7. The molecule has 182 valence electrons. The van der Waals surface area contributed by atoms with E-state index >= 15 is 0 Å². The third kappa shape index (κ3) is 4.46. The predicted molar refractivity (Wildman–Crippen MR) is 140 cm³/mol. The fraction of sp³-hybridized carbons (Fsp3) is 0.407. The van der Waals surface area contributed by atoms with Crippen LogP contribution in [0.25, 0.3) is 16.9 Å². The van der Waals surface area contributed by atoms with Gasteiger partial charge in [0, 0.05) is 35.6 Å². The summed E-state index contributed by atoms with van der Waals surface area (Å²) < 4.78 is 3.53. The minimum absolute atomic E-state index is 0.0774. The highest BCUT2D eigenvalue weighted by molar-refractivity contribution is 5.77. The van der Waals surface area contributed by atoms with Crippen molar-refractivity contribution >= 4 is 22.7 Å². The van der Waals surface area contributed by atoms with Crippen LogP contribution in [0.4, 0.5) is 11.6 Å². The number of aryl methyl sites for hydroxylation is 1. The number of rotatable bonds is 4. The molecular formula is C27H33N7O. The van der Waals surface area contributed by atoms with Gasteiger partial charge >= 0.3 is 0 Å². The Balaban J connectivity index is 1.61. The van der Waals surface area contributed by atoms with Gasteiger partial charge in [0.05, 0.1) is 0 Å². The van der Waals surface area contributed by atoms with Gasteiger partial charge in [-0.05, 0) is 68.6 Å². The molecule has 1 aromatic carbocycles. The van der Waals surface area contributed by atoms with E-state index in [1.54, 1.807) is 10.9 Å². The molecule has 8 heteroatoms. The van der Waals surface area contributed by atoms with E-state index in [1.165, 1.54) is 11.1 Å². The molecule has 0 saturated heterocycles. The number of aromatic nitrogens is 5. The topological polar surface area (TPSA) is 89.7 Å². The Morgan fingerprint density at radius 1 is 1.09 bits per heavy atom. The van der Waals surface area contributed by atoms with Crippen molar-refractivity contribution in [2.24, 2.45) is 0 Å². The molecule has 8 nitrogen and oxygen atoms in total. The van der Waals surface area contributed by atoms with Gasteiger partial charge in [0.1, 0.15) is 5.39 Å². The zero-order valence-corrected chi connectivity index (χ0v) is 21.1. The monoisotopic (exact) mass is 471 g/mol. The Kier molecular flexibility index (Phi) is 5.92. The number of benzene rings is 1. The SMILES string of the molecule is CC(C)n1c(=O)c2cnc(Nc3ccc4c(c3)CCCNC4)nc2n1-c1cccc(C(C)(C)C)n1. The van der Waals surface area contributed by atoms with Gasteiger partial charge in [-0.1, -0.05) is 32.9 Å². The lowest BCUT2D eigenvalue weighted by Crippen LogP contribution is -2.25. The molecule has 1 aliphatic rings. The average molecular weight is 472 g/mol. The summed E-state index contributed by atoms with van der Waals surface area (Å²) in [5.41, 5.74) is 4.86. The lowest BCUT2D eigenvalue weighted by Gasteiger charge is -2.20. The lowest BCUT2D eigenvalue weighted by atomic mass is 9.92. The zero-order chi connectivity index (χ0) is 24.7. The molecule has 3 aromatic heterocycles.